The molecule has 4 aromatic rings. The molecule has 1 atom stereocenters. The van der Waals surface area contributed by atoms with E-state index in [9.17, 15) is 4.79 Å². The van der Waals surface area contributed by atoms with Crippen LogP contribution in [0.5, 0.6) is 5.75 Å². The van der Waals surface area contributed by atoms with E-state index >= 15 is 0 Å². The van der Waals surface area contributed by atoms with Crippen LogP contribution < -0.4 is 10.1 Å². The van der Waals surface area contributed by atoms with Crippen LogP contribution >= 0.6 is 11.8 Å². The predicted octanol–water partition coefficient (Wildman–Crippen LogP) is 5.35. The molecule has 1 N–H and O–H groups in total. The van der Waals surface area contributed by atoms with Gasteiger partial charge in [0, 0.05) is 12.6 Å². The molecule has 162 valence electrons. The van der Waals surface area contributed by atoms with Crippen molar-refractivity contribution < 1.29 is 9.53 Å². The first-order valence-corrected chi connectivity index (χ1v) is 11.2. The molecular formula is C25H24N4O2S. The molecule has 7 heteroatoms. The lowest BCUT2D eigenvalue weighted by Gasteiger charge is -2.18. The fourth-order valence-corrected chi connectivity index (χ4v) is 4.31. The van der Waals surface area contributed by atoms with Gasteiger partial charge in [-0.3, -0.25) is 4.79 Å². The molecule has 0 aliphatic heterocycles. The van der Waals surface area contributed by atoms with Gasteiger partial charge < -0.3 is 14.6 Å². The summed E-state index contributed by atoms with van der Waals surface area (Å²) in [5, 5.41) is 11.9. The number of thioether (sulfide) groups is 1. The van der Waals surface area contributed by atoms with E-state index in [1.54, 1.807) is 0 Å². The minimum atomic E-state index is -0.516. The molecule has 1 aromatic heterocycles. The van der Waals surface area contributed by atoms with E-state index < -0.39 is 5.25 Å². The topological polar surface area (TPSA) is 69.0 Å². The number of benzene rings is 3. The van der Waals surface area contributed by atoms with E-state index in [-0.39, 0.29) is 5.91 Å². The van der Waals surface area contributed by atoms with Gasteiger partial charge in [0.1, 0.15) is 11.0 Å². The molecule has 6 nitrogen and oxygen atoms in total. The zero-order chi connectivity index (χ0) is 22.3. The molecule has 0 fully saturated rings. The predicted molar refractivity (Wildman–Crippen MR) is 128 cm³/mol. The molecule has 0 bridgehead atoms. The number of nitrogens with zero attached hydrogens (tertiary/aromatic N) is 3. The van der Waals surface area contributed by atoms with Gasteiger partial charge in [-0.2, -0.15) is 0 Å². The standard InChI is InChI=1S/C25H24N4O2S/c1-3-31-21-17-11-10-16-20(21)26-24(30)22(18-12-6-4-7-13-18)32-25-28-27-23(29(25)2)19-14-8-5-9-15-19/h4-17,22H,3H2,1-2H3,(H,26,30). The first-order chi connectivity index (χ1) is 15.7. The number of nitrogens with one attached hydrogen (secondary N) is 1. The highest BCUT2D eigenvalue weighted by molar-refractivity contribution is 8.00. The number of ether oxygens (including phenoxy) is 1. The second kappa shape index (κ2) is 10.2. The van der Waals surface area contributed by atoms with Crippen molar-refractivity contribution in [3.63, 3.8) is 0 Å². The van der Waals surface area contributed by atoms with E-state index in [0.29, 0.717) is 23.2 Å². The van der Waals surface area contributed by atoms with Crippen molar-refractivity contribution in [2.45, 2.75) is 17.3 Å². The van der Waals surface area contributed by atoms with Crippen LogP contribution in [-0.2, 0) is 11.8 Å². The minimum Gasteiger partial charge on any atom is -0.492 e. The van der Waals surface area contributed by atoms with Gasteiger partial charge in [-0.1, -0.05) is 84.6 Å². The van der Waals surface area contributed by atoms with E-state index in [1.807, 2.05) is 103 Å². The number of carbonyl (C=O) groups excluding carboxylic acids is 1. The summed E-state index contributed by atoms with van der Waals surface area (Å²) < 4.78 is 7.58. The number of anilines is 1. The quantitative estimate of drug-likeness (QED) is 0.371. The van der Waals surface area contributed by atoms with E-state index in [0.717, 1.165) is 17.0 Å². The van der Waals surface area contributed by atoms with E-state index in [1.165, 1.54) is 11.8 Å². The lowest BCUT2D eigenvalue weighted by molar-refractivity contribution is -0.115. The van der Waals surface area contributed by atoms with Crippen molar-refractivity contribution in [1.29, 1.82) is 0 Å². The lowest BCUT2D eigenvalue weighted by Crippen LogP contribution is -2.20. The van der Waals surface area contributed by atoms with Crippen LogP contribution in [0.15, 0.2) is 90.1 Å². The van der Waals surface area contributed by atoms with E-state index in [2.05, 4.69) is 15.5 Å². The average Bonchev–Trinajstić information content (AvgIpc) is 3.20. The fraction of sp³-hybridized carbons (Fsp3) is 0.160. The SMILES string of the molecule is CCOc1ccccc1NC(=O)C(Sc1nnc(-c2ccccc2)n1C)c1ccccc1. The van der Waals surface area contributed by atoms with Gasteiger partial charge in [-0.05, 0) is 24.6 Å². The van der Waals surface area contributed by atoms with Crippen molar-refractivity contribution in [2.24, 2.45) is 7.05 Å². The zero-order valence-electron chi connectivity index (χ0n) is 17.9. The van der Waals surface area contributed by atoms with Crippen molar-refractivity contribution in [1.82, 2.24) is 14.8 Å². The van der Waals surface area contributed by atoms with E-state index in [4.69, 9.17) is 4.74 Å². The highest BCUT2D eigenvalue weighted by Gasteiger charge is 2.26. The Morgan fingerprint density at radius 3 is 2.34 bits per heavy atom. The Hall–Kier alpha value is -3.58. The van der Waals surface area contributed by atoms with Crippen LogP contribution in [0, 0.1) is 0 Å². The first-order valence-electron chi connectivity index (χ1n) is 10.4. The van der Waals surface area contributed by atoms with Crippen LogP contribution in [0.4, 0.5) is 5.69 Å². The van der Waals surface area contributed by atoms with Gasteiger partial charge in [-0.25, -0.2) is 0 Å². The molecule has 0 saturated carbocycles. The monoisotopic (exact) mass is 444 g/mol. The van der Waals surface area contributed by atoms with Crippen molar-refractivity contribution in [2.75, 3.05) is 11.9 Å². The summed E-state index contributed by atoms with van der Waals surface area (Å²) in [7, 11) is 1.91. The van der Waals surface area contributed by atoms with Crippen LogP contribution in [0.3, 0.4) is 0 Å². The molecule has 0 aliphatic carbocycles. The fourth-order valence-electron chi connectivity index (χ4n) is 3.31. The van der Waals surface area contributed by atoms with Crippen LogP contribution in [0.1, 0.15) is 17.7 Å². The van der Waals surface area contributed by atoms with Crippen molar-refractivity contribution >= 4 is 23.4 Å². The Labute approximate surface area is 191 Å². The maximum Gasteiger partial charge on any atom is 0.242 e. The maximum atomic E-state index is 13.4. The molecule has 0 spiro atoms. The number of amides is 1. The molecule has 0 radical (unpaired) electrons. The zero-order valence-corrected chi connectivity index (χ0v) is 18.8. The first kappa shape index (κ1) is 21.6. The molecule has 4 rings (SSSR count). The number of rotatable bonds is 8. The minimum absolute atomic E-state index is 0.155. The van der Waals surface area contributed by atoms with Gasteiger partial charge in [0.25, 0.3) is 0 Å². The lowest BCUT2D eigenvalue weighted by atomic mass is 10.1. The molecule has 1 amide bonds. The summed E-state index contributed by atoms with van der Waals surface area (Å²) in [4.78, 5) is 13.4. The number of hydrogen-bond acceptors (Lipinski definition) is 5. The maximum absolute atomic E-state index is 13.4. The summed E-state index contributed by atoms with van der Waals surface area (Å²) in [5.41, 5.74) is 2.50. The Morgan fingerprint density at radius 1 is 0.969 bits per heavy atom. The summed E-state index contributed by atoms with van der Waals surface area (Å²) in [5.74, 6) is 1.24. The van der Waals surface area contributed by atoms with Gasteiger partial charge >= 0.3 is 0 Å². The Bertz CT molecular complexity index is 1180. The van der Waals surface area contributed by atoms with Gasteiger partial charge in [0.05, 0.1) is 12.3 Å². The molecule has 32 heavy (non-hydrogen) atoms. The molecule has 1 heterocycles. The summed E-state index contributed by atoms with van der Waals surface area (Å²) in [6.07, 6.45) is 0. The van der Waals surface area contributed by atoms with Gasteiger partial charge in [0.2, 0.25) is 5.91 Å². The number of aromatic nitrogens is 3. The summed E-state index contributed by atoms with van der Waals surface area (Å²) in [6.45, 7) is 2.44. The highest BCUT2D eigenvalue weighted by Crippen LogP contribution is 2.37. The van der Waals surface area contributed by atoms with Crippen molar-refractivity contribution in [3.05, 3.63) is 90.5 Å². The number of hydrogen-bond donors (Lipinski definition) is 1. The summed E-state index contributed by atoms with van der Waals surface area (Å²) >= 11 is 1.37. The Balaban J connectivity index is 1.63. The Morgan fingerprint density at radius 2 is 1.62 bits per heavy atom. The third-order valence-electron chi connectivity index (χ3n) is 4.88. The normalized spacial score (nSPS) is 11.7. The summed E-state index contributed by atoms with van der Waals surface area (Å²) in [6, 6.07) is 27.0. The molecular weight excluding hydrogens is 420 g/mol. The number of para-hydroxylation sites is 2. The number of carbonyl (C=O) groups is 1. The van der Waals surface area contributed by atoms with Crippen LogP contribution in [0.25, 0.3) is 11.4 Å². The molecule has 0 aliphatic rings. The highest BCUT2D eigenvalue weighted by atomic mass is 32.2. The third kappa shape index (κ3) is 4.84. The molecule has 1 unspecified atom stereocenters. The van der Waals surface area contributed by atoms with Crippen LogP contribution in [-0.4, -0.2) is 27.3 Å². The second-order valence-electron chi connectivity index (χ2n) is 7.06. The smallest absolute Gasteiger partial charge is 0.242 e. The molecule has 3 aromatic carbocycles. The van der Waals surface area contributed by atoms with Gasteiger partial charge in [0.15, 0.2) is 11.0 Å². The average molecular weight is 445 g/mol. The third-order valence-corrected chi connectivity index (χ3v) is 6.16. The van der Waals surface area contributed by atoms with Gasteiger partial charge in [-0.15, -0.1) is 10.2 Å². The van der Waals surface area contributed by atoms with Crippen LogP contribution in [0.2, 0.25) is 0 Å². The largest absolute Gasteiger partial charge is 0.492 e. The van der Waals surface area contributed by atoms with Crippen molar-refractivity contribution in [3.8, 4) is 17.1 Å². The molecule has 0 saturated heterocycles. The second-order valence-corrected chi connectivity index (χ2v) is 8.13. The Kier molecular flexibility index (Phi) is 6.87.